The molecule has 8 heteroatoms. The zero-order chi connectivity index (χ0) is 20.9. The van der Waals surface area contributed by atoms with Gasteiger partial charge in [-0.15, -0.1) is 0 Å². The van der Waals surface area contributed by atoms with Gasteiger partial charge >= 0.3 is 6.18 Å². The summed E-state index contributed by atoms with van der Waals surface area (Å²) in [4.78, 5) is 13.2. The van der Waals surface area contributed by atoms with E-state index in [0.717, 1.165) is 42.7 Å². The number of aryl methyl sites for hydroxylation is 1. The van der Waals surface area contributed by atoms with E-state index in [0.29, 0.717) is 25.2 Å². The van der Waals surface area contributed by atoms with Gasteiger partial charge in [0.1, 0.15) is 18.3 Å². The quantitative estimate of drug-likeness (QED) is 0.609. The average Bonchev–Trinajstić information content (AvgIpc) is 3.04. The average molecular weight is 413 g/mol. The molecule has 3 aliphatic heterocycles. The van der Waals surface area contributed by atoms with Crippen LogP contribution < -0.4 is 10.1 Å². The molecule has 1 amide bonds. The standard InChI is InChI=1S/C21H27F3N2O3/c1-3-14-10-15(21(22,23)24)11-16(28-2)18(14)19(27)25-17-12-29-9-6-20(17)13-26(20)7-4-5-8-26/h10-11,17H,3-9,12-13H2,1-2H3/p+1/t17-,20-/m1/s1. The van der Waals surface area contributed by atoms with Crippen LogP contribution >= 0.6 is 0 Å². The zero-order valence-electron chi connectivity index (χ0n) is 16.9. The molecular weight excluding hydrogens is 385 g/mol. The lowest BCUT2D eigenvalue weighted by Gasteiger charge is -2.34. The third kappa shape index (κ3) is 3.30. The molecule has 1 aromatic carbocycles. The molecule has 3 heterocycles. The first-order valence-corrected chi connectivity index (χ1v) is 10.3. The molecule has 4 rings (SSSR count). The van der Waals surface area contributed by atoms with E-state index in [9.17, 15) is 18.0 Å². The lowest BCUT2D eigenvalue weighted by atomic mass is 9.92. The number of rotatable bonds is 4. The summed E-state index contributed by atoms with van der Waals surface area (Å²) in [6, 6.07) is 1.82. The highest BCUT2D eigenvalue weighted by Crippen LogP contribution is 2.52. The molecule has 5 nitrogen and oxygen atoms in total. The highest BCUT2D eigenvalue weighted by molar-refractivity contribution is 5.99. The molecule has 3 aliphatic rings. The Morgan fingerprint density at radius 1 is 1.34 bits per heavy atom. The van der Waals surface area contributed by atoms with Crippen LogP contribution in [0.3, 0.4) is 0 Å². The number of carbonyl (C=O) groups is 1. The van der Waals surface area contributed by atoms with Gasteiger partial charge in [0.05, 0.1) is 44.5 Å². The maximum atomic E-state index is 13.2. The van der Waals surface area contributed by atoms with Crippen LogP contribution in [0.15, 0.2) is 12.1 Å². The van der Waals surface area contributed by atoms with Crippen molar-refractivity contribution in [1.82, 2.24) is 5.32 Å². The van der Waals surface area contributed by atoms with E-state index in [1.807, 2.05) is 0 Å². The summed E-state index contributed by atoms with van der Waals surface area (Å²) in [7, 11) is 1.29. The molecule has 1 N–H and O–H groups in total. The number of benzene rings is 1. The highest BCUT2D eigenvalue weighted by atomic mass is 19.4. The van der Waals surface area contributed by atoms with Crippen LogP contribution in [-0.2, 0) is 17.3 Å². The van der Waals surface area contributed by atoms with Gasteiger partial charge in [-0.1, -0.05) is 6.92 Å². The summed E-state index contributed by atoms with van der Waals surface area (Å²) >= 11 is 0. The van der Waals surface area contributed by atoms with Crippen LogP contribution in [0.2, 0.25) is 0 Å². The van der Waals surface area contributed by atoms with E-state index < -0.39 is 11.7 Å². The first-order chi connectivity index (χ1) is 13.8. The van der Waals surface area contributed by atoms with Gasteiger partial charge in [-0.2, -0.15) is 13.2 Å². The Bertz CT molecular complexity index is 780. The molecule has 1 aromatic rings. The monoisotopic (exact) mass is 413 g/mol. The number of hydrogen-bond donors (Lipinski definition) is 1. The number of quaternary nitrogens is 1. The summed E-state index contributed by atoms with van der Waals surface area (Å²) in [5, 5.41) is 3.11. The van der Waals surface area contributed by atoms with E-state index in [2.05, 4.69) is 5.32 Å². The van der Waals surface area contributed by atoms with Crippen LogP contribution in [0.25, 0.3) is 0 Å². The summed E-state index contributed by atoms with van der Waals surface area (Å²) in [6.45, 7) is 6.19. The van der Waals surface area contributed by atoms with Crippen LogP contribution in [0.4, 0.5) is 13.2 Å². The number of fused-ring (bicyclic) bond motifs is 1. The van der Waals surface area contributed by atoms with Crippen molar-refractivity contribution in [3.63, 3.8) is 0 Å². The van der Waals surface area contributed by atoms with Crippen molar-refractivity contribution >= 4 is 5.91 Å². The molecule has 0 unspecified atom stereocenters. The number of nitrogens with one attached hydrogen (secondary N) is 1. The number of halogens is 3. The largest absolute Gasteiger partial charge is 0.496 e. The van der Waals surface area contributed by atoms with Gasteiger partial charge in [0.25, 0.3) is 5.91 Å². The van der Waals surface area contributed by atoms with Gasteiger partial charge in [0, 0.05) is 19.3 Å². The normalized spacial score (nSPS) is 28.0. The van der Waals surface area contributed by atoms with Crippen molar-refractivity contribution in [2.24, 2.45) is 0 Å². The van der Waals surface area contributed by atoms with Crippen LogP contribution in [-0.4, -0.2) is 61.9 Å². The molecule has 0 saturated carbocycles. The first-order valence-electron chi connectivity index (χ1n) is 10.3. The van der Waals surface area contributed by atoms with Crippen molar-refractivity contribution in [1.29, 1.82) is 0 Å². The summed E-state index contributed by atoms with van der Waals surface area (Å²) < 4.78 is 51.6. The van der Waals surface area contributed by atoms with Gasteiger partial charge in [-0.3, -0.25) is 4.79 Å². The lowest BCUT2D eigenvalue weighted by Crippen LogP contribution is -2.56. The fourth-order valence-corrected chi connectivity index (χ4v) is 5.51. The van der Waals surface area contributed by atoms with E-state index >= 15 is 0 Å². The molecule has 2 spiro atoms. The number of ether oxygens (including phenoxy) is 2. The number of carbonyl (C=O) groups excluding carboxylic acids is 1. The molecule has 2 atom stereocenters. The topological polar surface area (TPSA) is 47.6 Å². The Kier molecular flexibility index (Phi) is 5.06. The second kappa shape index (κ2) is 7.16. The van der Waals surface area contributed by atoms with Gasteiger partial charge in [-0.25, -0.2) is 0 Å². The van der Waals surface area contributed by atoms with Crippen molar-refractivity contribution in [3.05, 3.63) is 28.8 Å². The molecule has 3 fully saturated rings. The van der Waals surface area contributed by atoms with E-state index in [1.165, 1.54) is 20.0 Å². The maximum Gasteiger partial charge on any atom is 0.416 e. The van der Waals surface area contributed by atoms with Crippen molar-refractivity contribution in [2.45, 2.75) is 50.4 Å². The maximum absolute atomic E-state index is 13.2. The Morgan fingerprint density at radius 3 is 2.69 bits per heavy atom. The Hall–Kier alpha value is -1.80. The molecule has 0 radical (unpaired) electrons. The van der Waals surface area contributed by atoms with Gasteiger partial charge in [-0.05, 0) is 24.1 Å². The second-order valence-corrected chi connectivity index (χ2v) is 8.48. The van der Waals surface area contributed by atoms with E-state index in [1.54, 1.807) is 6.92 Å². The molecule has 29 heavy (non-hydrogen) atoms. The Labute approximate surface area is 168 Å². The number of methoxy groups -OCH3 is 1. The molecule has 0 aliphatic carbocycles. The van der Waals surface area contributed by atoms with Gasteiger partial charge < -0.3 is 19.3 Å². The van der Waals surface area contributed by atoms with Crippen molar-refractivity contribution in [2.75, 3.05) is 40.0 Å². The third-order valence-corrected chi connectivity index (χ3v) is 7.10. The number of nitrogens with zero attached hydrogens (tertiary/aromatic N) is 1. The number of alkyl halides is 3. The smallest absolute Gasteiger partial charge is 0.416 e. The molecule has 3 saturated heterocycles. The predicted molar refractivity (Wildman–Crippen MR) is 101 cm³/mol. The number of hydrogen-bond acceptors (Lipinski definition) is 3. The minimum Gasteiger partial charge on any atom is -0.496 e. The lowest BCUT2D eigenvalue weighted by molar-refractivity contribution is -0.819. The SMILES string of the molecule is CCc1cc(C(F)(F)F)cc(OC)c1C(=O)N[C@@H]1COCC[C@@]12C[N+]21CCCC1. The van der Waals surface area contributed by atoms with Gasteiger partial charge in [0.15, 0.2) is 5.54 Å². The molecule has 0 aromatic heterocycles. The van der Waals surface area contributed by atoms with Crippen LogP contribution in [0.5, 0.6) is 5.75 Å². The zero-order valence-corrected chi connectivity index (χ0v) is 16.9. The third-order valence-electron chi connectivity index (χ3n) is 7.10. The summed E-state index contributed by atoms with van der Waals surface area (Å²) in [5.41, 5.74) is -0.266. The highest BCUT2D eigenvalue weighted by Gasteiger charge is 2.74. The molecule has 160 valence electrons. The first kappa shape index (κ1) is 20.5. The van der Waals surface area contributed by atoms with Crippen molar-refractivity contribution < 1.29 is 31.9 Å². The Morgan fingerprint density at radius 2 is 2.07 bits per heavy atom. The summed E-state index contributed by atoms with van der Waals surface area (Å²) in [5.74, 6) is -0.424. The molecular formula is C21H28F3N2O3+. The van der Waals surface area contributed by atoms with Gasteiger partial charge in [0.2, 0.25) is 0 Å². The fraction of sp³-hybridized carbons (Fsp3) is 0.667. The predicted octanol–water partition coefficient (Wildman–Crippen LogP) is 3.16. The van der Waals surface area contributed by atoms with Crippen molar-refractivity contribution in [3.8, 4) is 5.75 Å². The Balaban J connectivity index is 1.63. The minimum atomic E-state index is -4.49. The van der Waals surface area contributed by atoms with E-state index in [4.69, 9.17) is 9.47 Å². The fourth-order valence-electron chi connectivity index (χ4n) is 5.51. The van der Waals surface area contributed by atoms with Crippen LogP contribution in [0.1, 0.15) is 47.7 Å². The van der Waals surface area contributed by atoms with Crippen LogP contribution in [0, 0.1) is 0 Å². The summed E-state index contributed by atoms with van der Waals surface area (Å²) in [6.07, 6.45) is -0.877. The second-order valence-electron chi connectivity index (χ2n) is 8.48. The minimum absolute atomic E-state index is 0.00985. The van der Waals surface area contributed by atoms with E-state index in [-0.39, 0.29) is 28.8 Å². The molecule has 0 bridgehead atoms. The number of amides is 1.